The first kappa shape index (κ1) is 22.9. The van der Waals surface area contributed by atoms with Crippen molar-refractivity contribution >= 4 is 11.6 Å². The Labute approximate surface area is 180 Å². The summed E-state index contributed by atoms with van der Waals surface area (Å²) in [7, 11) is 0. The van der Waals surface area contributed by atoms with E-state index in [9.17, 15) is 13.2 Å². The lowest BCUT2D eigenvalue weighted by Crippen LogP contribution is -2.38. The number of anilines is 1. The summed E-state index contributed by atoms with van der Waals surface area (Å²) in [5.41, 5.74) is 0.0695. The average Bonchev–Trinajstić information content (AvgIpc) is 3.28. The number of halogens is 3. The number of hydrogen-bond donors (Lipinski definition) is 2. The smallest absolute Gasteiger partial charge is 0.378 e. The van der Waals surface area contributed by atoms with Crippen LogP contribution in [0, 0.1) is 0 Å². The third-order valence-corrected chi connectivity index (χ3v) is 4.94. The average molecular weight is 438 g/mol. The second kappa shape index (κ2) is 11.0. The number of aromatic nitrogens is 2. The lowest BCUT2D eigenvalue weighted by molar-refractivity contribution is -0.138. The van der Waals surface area contributed by atoms with Gasteiger partial charge in [-0.3, -0.25) is 4.68 Å². The van der Waals surface area contributed by atoms with Crippen LogP contribution in [0.4, 0.5) is 18.9 Å². The molecule has 0 atom stereocenters. The quantitative estimate of drug-likeness (QED) is 0.377. The maximum absolute atomic E-state index is 13.7. The van der Waals surface area contributed by atoms with E-state index in [0.29, 0.717) is 51.0 Å². The second-order valence-corrected chi connectivity index (χ2v) is 7.18. The topological polar surface area (TPSA) is 66.7 Å². The summed E-state index contributed by atoms with van der Waals surface area (Å²) in [6.45, 7) is 6.06. The molecule has 0 amide bonds. The highest BCUT2D eigenvalue weighted by atomic mass is 19.4. The molecule has 0 aliphatic carbocycles. The Balaban J connectivity index is 1.66. The van der Waals surface area contributed by atoms with Gasteiger partial charge in [0.05, 0.1) is 25.3 Å². The second-order valence-electron chi connectivity index (χ2n) is 7.18. The van der Waals surface area contributed by atoms with Gasteiger partial charge in [-0.15, -0.1) is 0 Å². The van der Waals surface area contributed by atoms with Gasteiger partial charge in [0.25, 0.3) is 0 Å². The fraction of sp³-hybridized carbons (Fsp3) is 0.524. The summed E-state index contributed by atoms with van der Waals surface area (Å²) in [6, 6.07) is 6.34. The minimum absolute atomic E-state index is 0.0628. The highest BCUT2D eigenvalue weighted by Gasteiger charge is 2.34. The first-order valence-electron chi connectivity index (χ1n) is 10.5. The fourth-order valence-corrected chi connectivity index (χ4v) is 3.37. The molecule has 1 fully saturated rings. The third kappa shape index (κ3) is 6.88. The number of aryl methyl sites for hydroxylation is 1. The van der Waals surface area contributed by atoms with Crippen molar-refractivity contribution in [1.29, 1.82) is 0 Å². The van der Waals surface area contributed by atoms with Crippen LogP contribution < -0.4 is 15.5 Å². The zero-order valence-corrected chi connectivity index (χ0v) is 17.7. The first-order chi connectivity index (χ1) is 15.0. The molecule has 2 heterocycles. The first-order valence-corrected chi connectivity index (χ1v) is 10.5. The Morgan fingerprint density at radius 1 is 1.23 bits per heavy atom. The van der Waals surface area contributed by atoms with Gasteiger partial charge in [0.2, 0.25) is 0 Å². The molecule has 0 radical (unpaired) electrons. The van der Waals surface area contributed by atoms with Crippen molar-refractivity contribution in [3.05, 3.63) is 47.8 Å². The van der Waals surface area contributed by atoms with E-state index in [-0.39, 0.29) is 12.1 Å². The van der Waals surface area contributed by atoms with Gasteiger partial charge in [0.15, 0.2) is 5.96 Å². The number of guanidine groups is 1. The van der Waals surface area contributed by atoms with Crippen LogP contribution in [0.3, 0.4) is 0 Å². The van der Waals surface area contributed by atoms with Gasteiger partial charge >= 0.3 is 6.18 Å². The van der Waals surface area contributed by atoms with Crippen LogP contribution in [-0.4, -0.2) is 55.1 Å². The highest BCUT2D eigenvalue weighted by Crippen LogP contribution is 2.35. The Bertz CT molecular complexity index is 832. The molecule has 3 rings (SSSR count). The van der Waals surface area contributed by atoms with Crippen molar-refractivity contribution in [2.45, 2.75) is 32.6 Å². The summed E-state index contributed by atoms with van der Waals surface area (Å²) >= 11 is 0. The SMILES string of the molecule is CCNC(=NCc1ccc(N2CCOCC2)cc1C(F)(F)F)NCCCn1cccn1. The van der Waals surface area contributed by atoms with Gasteiger partial charge in [-0.2, -0.15) is 18.3 Å². The van der Waals surface area contributed by atoms with E-state index in [1.54, 1.807) is 12.3 Å². The molecular formula is C21H29F3N6O. The van der Waals surface area contributed by atoms with E-state index >= 15 is 0 Å². The van der Waals surface area contributed by atoms with Crippen molar-refractivity contribution in [3.8, 4) is 0 Å². The molecule has 1 aliphatic heterocycles. The molecule has 1 saturated heterocycles. The summed E-state index contributed by atoms with van der Waals surface area (Å²) in [4.78, 5) is 6.29. The van der Waals surface area contributed by atoms with E-state index < -0.39 is 11.7 Å². The Hall–Kier alpha value is -2.75. The summed E-state index contributed by atoms with van der Waals surface area (Å²) in [5, 5.41) is 10.4. The zero-order valence-electron chi connectivity index (χ0n) is 17.7. The molecule has 1 aromatic heterocycles. The number of ether oxygens (including phenoxy) is 1. The van der Waals surface area contributed by atoms with Crippen LogP contribution in [0.2, 0.25) is 0 Å². The number of aliphatic imine (C=N–C) groups is 1. The largest absolute Gasteiger partial charge is 0.416 e. The van der Waals surface area contributed by atoms with Gasteiger partial charge < -0.3 is 20.3 Å². The predicted molar refractivity (Wildman–Crippen MR) is 114 cm³/mol. The molecule has 0 spiro atoms. The maximum Gasteiger partial charge on any atom is 0.416 e. The van der Waals surface area contributed by atoms with Crippen molar-refractivity contribution < 1.29 is 17.9 Å². The van der Waals surface area contributed by atoms with E-state index in [1.807, 2.05) is 28.8 Å². The van der Waals surface area contributed by atoms with Gasteiger partial charge in [-0.05, 0) is 37.1 Å². The van der Waals surface area contributed by atoms with Gasteiger partial charge in [0, 0.05) is 50.8 Å². The number of nitrogens with zero attached hydrogens (tertiary/aromatic N) is 4. The normalized spacial score (nSPS) is 15.2. The number of benzene rings is 1. The lowest BCUT2D eigenvalue weighted by Gasteiger charge is -2.29. The fourth-order valence-electron chi connectivity index (χ4n) is 3.37. The van der Waals surface area contributed by atoms with E-state index in [0.717, 1.165) is 13.0 Å². The lowest BCUT2D eigenvalue weighted by atomic mass is 10.1. The number of alkyl halides is 3. The van der Waals surface area contributed by atoms with Crippen molar-refractivity contribution in [2.75, 3.05) is 44.3 Å². The molecule has 1 aromatic carbocycles. The summed E-state index contributed by atoms with van der Waals surface area (Å²) < 4.78 is 48.3. The number of hydrogen-bond acceptors (Lipinski definition) is 4. The Morgan fingerprint density at radius 3 is 2.71 bits per heavy atom. The molecule has 170 valence electrons. The van der Waals surface area contributed by atoms with E-state index in [1.165, 1.54) is 12.1 Å². The molecule has 2 aromatic rings. The van der Waals surface area contributed by atoms with E-state index in [2.05, 4.69) is 20.7 Å². The molecule has 0 bridgehead atoms. The Morgan fingerprint density at radius 2 is 2.03 bits per heavy atom. The van der Waals surface area contributed by atoms with Crippen LogP contribution in [0.15, 0.2) is 41.7 Å². The summed E-state index contributed by atoms with van der Waals surface area (Å²) in [6.07, 6.45) is -0.0170. The molecule has 2 N–H and O–H groups in total. The third-order valence-electron chi connectivity index (χ3n) is 4.94. The maximum atomic E-state index is 13.7. The monoisotopic (exact) mass is 438 g/mol. The van der Waals surface area contributed by atoms with E-state index in [4.69, 9.17) is 4.74 Å². The molecule has 7 nitrogen and oxygen atoms in total. The molecule has 10 heteroatoms. The van der Waals surface area contributed by atoms with Crippen LogP contribution in [0.25, 0.3) is 0 Å². The number of morpholine rings is 1. The highest BCUT2D eigenvalue weighted by molar-refractivity contribution is 5.79. The molecule has 0 unspecified atom stereocenters. The Kier molecular flexibility index (Phi) is 8.16. The minimum Gasteiger partial charge on any atom is -0.378 e. The molecular weight excluding hydrogens is 409 g/mol. The number of nitrogens with one attached hydrogen (secondary N) is 2. The zero-order chi connectivity index (χ0) is 22.1. The van der Waals surface area contributed by atoms with Crippen LogP contribution >= 0.6 is 0 Å². The molecule has 0 saturated carbocycles. The van der Waals surface area contributed by atoms with Crippen LogP contribution in [0.5, 0.6) is 0 Å². The van der Waals surface area contributed by atoms with Gasteiger partial charge in [0.1, 0.15) is 0 Å². The predicted octanol–water partition coefficient (Wildman–Crippen LogP) is 2.88. The number of rotatable bonds is 8. The standard InChI is InChI=1S/C21H29F3N6O/c1-2-25-20(26-7-3-9-30-10-4-8-28-30)27-16-17-5-6-18(15-19(17)21(22,23)24)29-11-13-31-14-12-29/h4-6,8,10,15H,2-3,7,9,11-14,16H2,1H3,(H2,25,26,27). The molecule has 31 heavy (non-hydrogen) atoms. The van der Waals surface area contributed by atoms with Gasteiger partial charge in [-0.25, -0.2) is 4.99 Å². The van der Waals surface area contributed by atoms with Crippen molar-refractivity contribution in [2.24, 2.45) is 4.99 Å². The molecule has 1 aliphatic rings. The van der Waals surface area contributed by atoms with Crippen molar-refractivity contribution in [3.63, 3.8) is 0 Å². The van der Waals surface area contributed by atoms with Crippen molar-refractivity contribution in [1.82, 2.24) is 20.4 Å². The summed E-state index contributed by atoms with van der Waals surface area (Å²) in [5.74, 6) is 0.494. The van der Waals surface area contributed by atoms with Crippen LogP contribution in [-0.2, 0) is 24.0 Å². The minimum atomic E-state index is -4.44. The van der Waals surface area contributed by atoms with Crippen LogP contribution in [0.1, 0.15) is 24.5 Å². The van der Waals surface area contributed by atoms with Gasteiger partial charge in [-0.1, -0.05) is 6.07 Å².